The molecule has 47 heavy (non-hydrogen) atoms. The number of aromatic nitrogens is 1. The number of hydrogen-bond donors (Lipinski definition) is 1. The fourth-order valence-electron chi connectivity index (χ4n) is 6.51. The van der Waals surface area contributed by atoms with E-state index in [2.05, 4.69) is 12.1 Å². The number of halogens is 3. The van der Waals surface area contributed by atoms with Crippen molar-refractivity contribution in [1.82, 2.24) is 3.97 Å². The Bertz CT molecular complexity index is 2190. The van der Waals surface area contributed by atoms with Crippen LogP contribution in [0.1, 0.15) is 60.3 Å². The molecule has 0 aliphatic heterocycles. The molecule has 0 spiro atoms. The highest BCUT2D eigenvalue weighted by molar-refractivity contribution is 7.90. The SMILES string of the molecule is N#Cc1cccc(C#N)c1-c1c(-c2cccc([C@H]3CC[C@@H](C(=O)O)CC3)c2)n(S(=O)(=O)c2ccc(C(F)F)cc2)c2ccc(F)cc12. The first-order valence-corrected chi connectivity index (χ1v) is 16.2. The van der Waals surface area contributed by atoms with Gasteiger partial charge in [0.05, 0.1) is 45.3 Å². The molecule has 0 unspecified atom stereocenters. The van der Waals surface area contributed by atoms with Crippen LogP contribution in [0.5, 0.6) is 0 Å². The minimum Gasteiger partial charge on any atom is -0.481 e. The molecular weight excluding hydrogens is 627 g/mol. The Morgan fingerprint density at radius 2 is 1.49 bits per heavy atom. The molecule has 0 radical (unpaired) electrons. The molecule has 1 heterocycles. The van der Waals surface area contributed by atoms with Gasteiger partial charge in [-0.05, 0) is 85.7 Å². The molecular formula is C36H26F3N3O4S. The Balaban J connectivity index is 1.68. The van der Waals surface area contributed by atoms with E-state index in [9.17, 15) is 42.0 Å². The molecule has 1 fully saturated rings. The Morgan fingerprint density at radius 3 is 2.09 bits per heavy atom. The zero-order valence-electron chi connectivity index (χ0n) is 24.7. The summed E-state index contributed by atoms with van der Waals surface area (Å²) in [5.41, 5.74) is 1.38. The van der Waals surface area contributed by atoms with Gasteiger partial charge in [0.2, 0.25) is 0 Å². The van der Waals surface area contributed by atoms with Gasteiger partial charge < -0.3 is 5.11 Å². The van der Waals surface area contributed by atoms with Crippen molar-refractivity contribution in [1.29, 1.82) is 10.5 Å². The van der Waals surface area contributed by atoms with Crippen LogP contribution in [-0.4, -0.2) is 23.5 Å². The largest absolute Gasteiger partial charge is 0.481 e. The minimum absolute atomic E-state index is 0.0103. The third-order valence-electron chi connectivity index (χ3n) is 8.82. The molecule has 4 aromatic carbocycles. The number of fused-ring (bicyclic) bond motifs is 1. The lowest BCUT2D eigenvalue weighted by Crippen LogP contribution is -2.20. The van der Waals surface area contributed by atoms with Gasteiger partial charge >= 0.3 is 5.97 Å². The zero-order chi connectivity index (χ0) is 33.5. The van der Waals surface area contributed by atoms with E-state index in [1.54, 1.807) is 18.2 Å². The second-order valence-corrected chi connectivity index (χ2v) is 13.3. The van der Waals surface area contributed by atoms with Gasteiger partial charge in [0.25, 0.3) is 16.4 Å². The van der Waals surface area contributed by atoms with Crippen molar-refractivity contribution in [2.45, 2.75) is 42.9 Å². The molecule has 1 aliphatic carbocycles. The van der Waals surface area contributed by atoms with Crippen molar-refractivity contribution in [2.75, 3.05) is 0 Å². The maximum Gasteiger partial charge on any atom is 0.306 e. The number of nitrogens with zero attached hydrogens (tertiary/aromatic N) is 3. The predicted molar refractivity (Wildman–Crippen MR) is 169 cm³/mol. The first-order valence-electron chi connectivity index (χ1n) is 14.8. The number of benzene rings is 4. The van der Waals surface area contributed by atoms with Gasteiger partial charge in [0.15, 0.2) is 0 Å². The number of carboxylic acid groups (broad SMARTS) is 1. The van der Waals surface area contributed by atoms with Crippen molar-refractivity contribution in [2.24, 2.45) is 5.92 Å². The average Bonchev–Trinajstić information content (AvgIpc) is 3.42. The smallest absolute Gasteiger partial charge is 0.306 e. The van der Waals surface area contributed by atoms with Crippen LogP contribution in [-0.2, 0) is 14.8 Å². The molecule has 1 aliphatic rings. The summed E-state index contributed by atoms with van der Waals surface area (Å²) in [4.78, 5) is 11.3. The fourth-order valence-corrected chi connectivity index (χ4v) is 8.06. The molecule has 1 saturated carbocycles. The van der Waals surface area contributed by atoms with Gasteiger partial charge in [-0.1, -0.05) is 36.4 Å². The van der Waals surface area contributed by atoms with Gasteiger partial charge in [-0.25, -0.2) is 25.6 Å². The van der Waals surface area contributed by atoms with E-state index < -0.39 is 34.2 Å². The number of nitriles is 2. The highest BCUT2D eigenvalue weighted by Gasteiger charge is 2.32. The molecule has 11 heteroatoms. The Hall–Kier alpha value is -5.39. The summed E-state index contributed by atoms with van der Waals surface area (Å²) in [6, 6.07) is 23.5. The quantitative estimate of drug-likeness (QED) is 0.188. The monoisotopic (exact) mass is 653 g/mol. The molecule has 7 nitrogen and oxygen atoms in total. The summed E-state index contributed by atoms with van der Waals surface area (Å²) in [7, 11) is -4.56. The van der Waals surface area contributed by atoms with Crippen LogP contribution >= 0.6 is 0 Å². The van der Waals surface area contributed by atoms with Crippen LogP contribution in [0, 0.1) is 34.4 Å². The van der Waals surface area contributed by atoms with Crippen molar-refractivity contribution in [3.63, 3.8) is 0 Å². The Labute approximate surface area is 268 Å². The lowest BCUT2D eigenvalue weighted by Gasteiger charge is -2.27. The molecule has 6 rings (SSSR count). The van der Waals surface area contributed by atoms with Crippen molar-refractivity contribution in [3.05, 3.63) is 113 Å². The number of hydrogen-bond acceptors (Lipinski definition) is 5. The van der Waals surface area contributed by atoms with Crippen LogP contribution in [0.15, 0.2) is 89.8 Å². The summed E-state index contributed by atoms with van der Waals surface area (Å²) in [5.74, 6) is -1.97. The predicted octanol–water partition coefficient (Wildman–Crippen LogP) is 8.39. The maximum atomic E-state index is 15.0. The highest BCUT2D eigenvalue weighted by Crippen LogP contribution is 2.46. The second-order valence-electron chi connectivity index (χ2n) is 11.5. The summed E-state index contributed by atoms with van der Waals surface area (Å²) < 4.78 is 71.8. The van der Waals surface area contributed by atoms with Crippen molar-refractivity contribution in [3.8, 4) is 34.5 Å². The molecule has 0 saturated heterocycles. The summed E-state index contributed by atoms with van der Waals surface area (Å²) in [6.45, 7) is 0. The van der Waals surface area contributed by atoms with E-state index >= 15 is 0 Å². The first-order chi connectivity index (χ1) is 22.5. The third-order valence-corrected chi connectivity index (χ3v) is 10.5. The summed E-state index contributed by atoms with van der Waals surface area (Å²) >= 11 is 0. The van der Waals surface area contributed by atoms with Crippen LogP contribution < -0.4 is 0 Å². The van der Waals surface area contributed by atoms with Crippen LogP contribution in [0.4, 0.5) is 13.2 Å². The topological polar surface area (TPSA) is 124 Å². The lowest BCUT2D eigenvalue weighted by molar-refractivity contribution is -0.142. The summed E-state index contributed by atoms with van der Waals surface area (Å²) in [5, 5.41) is 29.8. The fraction of sp³-hybridized carbons (Fsp3) is 0.194. The van der Waals surface area contributed by atoms with E-state index in [1.807, 2.05) is 6.07 Å². The number of rotatable bonds is 7. The molecule has 0 atom stereocenters. The number of carbonyl (C=O) groups is 1. The maximum absolute atomic E-state index is 15.0. The van der Waals surface area contributed by atoms with Gasteiger partial charge in [-0.2, -0.15) is 10.5 Å². The summed E-state index contributed by atoms with van der Waals surface area (Å²) in [6.07, 6.45) is -0.638. The van der Waals surface area contributed by atoms with E-state index in [0.29, 0.717) is 31.2 Å². The van der Waals surface area contributed by atoms with E-state index in [1.165, 1.54) is 24.3 Å². The minimum atomic E-state index is -4.56. The van der Waals surface area contributed by atoms with Gasteiger partial charge in [-0.15, -0.1) is 0 Å². The number of alkyl halides is 2. The van der Waals surface area contributed by atoms with Crippen molar-refractivity contribution < 1.29 is 31.5 Å². The van der Waals surface area contributed by atoms with E-state index in [4.69, 9.17) is 0 Å². The average molecular weight is 654 g/mol. The van der Waals surface area contributed by atoms with Gasteiger partial charge in [0.1, 0.15) is 5.82 Å². The molecule has 1 N–H and O–H groups in total. The standard InChI is InChI=1S/C36H26F3N3O4S/c37-28-13-16-31-30(18-28)33(32-26(19-40)5-2-6-27(32)20-41)34(42(31)47(45,46)29-14-11-22(12-15-29)35(38)39)25-4-1-3-24(17-25)21-7-9-23(10-8-21)36(43)44/h1-6,11-18,21,23,35H,7-10H2,(H,43,44)/t21-,23+. The van der Waals surface area contributed by atoms with E-state index in [-0.39, 0.29) is 55.2 Å². The van der Waals surface area contributed by atoms with Crippen molar-refractivity contribution >= 4 is 26.9 Å². The van der Waals surface area contributed by atoms with Crippen LogP contribution in [0.3, 0.4) is 0 Å². The second kappa shape index (κ2) is 12.4. The Morgan fingerprint density at radius 1 is 0.851 bits per heavy atom. The van der Waals surface area contributed by atoms with Crippen LogP contribution in [0.25, 0.3) is 33.3 Å². The molecule has 5 aromatic rings. The zero-order valence-corrected chi connectivity index (χ0v) is 25.5. The Kier molecular flexibility index (Phi) is 8.35. The van der Waals surface area contributed by atoms with Gasteiger partial charge in [0, 0.05) is 27.6 Å². The normalized spacial score (nSPS) is 16.6. The molecule has 1 aromatic heterocycles. The number of aliphatic carboxylic acids is 1. The third kappa shape index (κ3) is 5.64. The molecule has 0 bridgehead atoms. The number of carboxylic acids is 1. The first kappa shape index (κ1) is 31.6. The highest BCUT2D eigenvalue weighted by atomic mass is 32.2. The van der Waals surface area contributed by atoms with Gasteiger partial charge in [-0.3, -0.25) is 4.79 Å². The van der Waals surface area contributed by atoms with Crippen LogP contribution in [0.2, 0.25) is 0 Å². The lowest BCUT2D eigenvalue weighted by atomic mass is 9.78. The van der Waals surface area contributed by atoms with E-state index in [0.717, 1.165) is 45.9 Å². The molecule has 236 valence electrons. The molecule has 0 amide bonds.